The van der Waals surface area contributed by atoms with Gasteiger partial charge < -0.3 is 16.0 Å². The van der Waals surface area contributed by atoms with Crippen LogP contribution in [0.15, 0.2) is 53.5 Å². The molecule has 2 aromatic rings. The van der Waals surface area contributed by atoms with Crippen molar-refractivity contribution >= 4 is 17.3 Å². The molecule has 0 amide bonds. The molecule has 1 aliphatic rings. The molecule has 0 radical (unpaired) electrons. The first-order chi connectivity index (χ1) is 11.6. The van der Waals surface area contributed by atoms with E-state index >= 15 is 0 Å². The third-order valence-electron chi connectivity index (χ3n) is 4.12. The molecular weight excluding hydrogens is 310 g/mol. The van der Waals surface area contributed by atoms with Crippen LogP contribution in [0.1, 0.15) is 6.42 Å². The zero-order valence-electron chi connectivity index (χ0n) is 13.3. The molecule has 3 N–H and O–H groups in total. The van der Waals surface area contributed by atoms with Crippen LogP contribution in [0, 0.1) is 17.6 Å². The maximum atomic E-state index is 13.6. The average molecular weight is 330 g/mol. The molecular formula is C18H20F2N4. The van der Waals surface area contributed by atoms with Gasteiger partial charge in [0.05, 0.1) is 5.69 Å². The first kappa shape index (κ1) is 16.2. The molecule has 1 unspecified atom stereocenters. The minimum absolute atomic E-state index is 0.00594. The minimum atomic E-state index is -0.564. The van der Waals surface area contributed by atoms with Crippen molar-refractivity contribution in [1.29, 1.82) is 0 Å². The van der Waals surface area contributed by atoms with Crippen LogP contribution in [-0.2, 0) is 0 Å². The summed E-state index contributed by atoms with van der Waals surface area (Å²) in [6, 6.07) is 13.4. The summed E-state index contributed by atoms with van der Waals surface area (Å²) in [6.45, 7) is 2.45. The van der Waals surface area contributed by atoms with E-state index in [4.69, 9.17) is 5.73 Å². The number of guanidine groups is 1. The normalized spacial score (nSPS) is 18.0. The van der Waals surface area contributed by atoms with Gasteiger partial charge in [-0.3, -0.25) is 4.99 Å². The number of benzene rings is 2. The van der Waals surface area contributed by atoms with Gasteiger partial charge in [0, 0.05) is 31.4 Å². The van der Waals surface area contributed by atoms with Crippen LogP contribution in [0.4, 0.5) is 20.2 Å². The highest BCUT2D eigenvalue weighted by atomic mass is 19.1. The molecule has 0 aliphatic carbocycles. The van der Waals surface area contributed by atoms with Crippen LogP contribution in [0.2, 0.25) is 0 Å². The van der Waals surface area contributed by atoms with Crippen LogP contribution >= 0.6 is 0 Å². The fraction of sp³-hybridized carbons (Fsp3) is 0.278. The van der Waals surface area contributed by atoms with Gasteiger partial charge in [-0.05, 0) is 36.6 Å². The first-order valence-corrected chi connectivity index (χ1v) is 7.94. The maximum Gasteiger partial charge on any atom is 0.193 e. The molecule has 126 valence electrons. The Bertz CT molecular complexity index is 718. The van der Waals surface area contributed by atoms with Crippen LogP contribution < -0.4 is 16.0 Å². The van der Waals surface area contributed by atoms with Gasteiger partial charge in [-0.15, -0.1) is 0 Å². The molecule has 2 aromatic carbocycles. The smallest absolute Gasteiger partial charge is 0.193 e. The van der Waals surface area contributed by atoms with E-state index in [0.717, 1.165) is 37.7 Å². The monoisotopic (exact) mass is 330 g/mol. The Kier molecular flexibility index (Phi) is 4.93. The van der Waals surface area contributed by atoms with Crippen LogP contribution in [-0.4, -0.2) is 25.6 Å². The summed E-state index contributed by atoms with van der Waals surface area (Å²) < 4.78 is 26.7. The lowest BCUT2D eigenvalue weighted by atomic mass is 10.1. The van der Waals surface area contributed by atoms with Gasteiger partial charge >= 0.3 is 0 Å². The van der Waals surface area contributed by atoms with E-state index in [2.05, 4.69) is 27.3 Å². The summed E-state index contributed by atoms with van der Waals surface area (Å²) in [5, 5.41) is 2.62. The van der Waals surface area contributed by atoms with Gasteiger partial charge in [-0.1, -0.05) is 18.2 Å². The molecule has 0 aromatic heterocycles. The zero-order chi connectivity index (χ0) is 16.9. The fourth-order valence-electron chi connectivity index (χ4n) is 2.85. The third kappa shape index (κ3) is 4.01. The molecule has 0 spiro atoms. The standard InChI is InChI=1S/C18H20F2N4/c19-14-6-7-16(20)17(10-14)23-18(21)22-11-13-8-9-24(12-13)15-4-2-1-3-5-15/h1-7,10,13H,8-9,11-12H2,(H3,21,22,23). The number of rotatable bonds is 4. The molecule has 1 aliphatic heterocycles. The lowest BCUT2D eigenvalue weighted by molar-refractivity contribution is 0.601. The Morgan fingerprint density at radius 2 is 2.00 bits per heavy atom. The second-order valence-corrected chi connectivity index (χ2v) is 5.91. The van der Waals surface area contributed by atoms with Gasteiger partial charge in [-0.25, -0.2) is 8.78 Å². The number of hydrogen-bond acceptors (Lipinski definition) is 2. The Hall–Kier alpha value is -2.63. The summed E-state index contributed by atoms with van der Waals surface area (Å²) in [5.74, 6) is -0.604. The largest absolute Gasteiger partial charge is 0.371 e. The maximum absolute atomic E-state index is 13.6. The van der Waals surface area contributed by atoms with E-state index in [1.54, 1.807) is 0 Å². The van der Waals surface area contributed by atoms with E-state index in [1.807, 2.05) is 18.2 Å². The zero-order valence-corrected chi connectivity index (χ0v) is 13.3. The van der Waals surface area contributed by atoms with E-state index < -0.39 is 11.6 Å². The van der Waals surface area contributed by atoms with Crippen molar-refractivity contribution in [2.24, 2.45) is 16.6 Å². The highest BCUT2D eigenvalue weighted by molar-refractivity contribution is 5.92. The number of halogens is 2. The predicted molar refractivity (Wildman–Crippen MR) is 93.2 cm³/mol. The van der Waals surface area contributed by atoms with Gasteiger partial charge in [0.15, 0.2) is 5.96 Å². The number of nitrogens with two attached hydrogens (primary N) is 1. The highest BCUT2D eigenvalue weighted by Crippen LogP contribution is 2.23. The molecule has 0 bridgehead atoms. The number of anilines is 2. The average Bonchev–Trinajstić information content (AvgIpc) is 3.06. The Morgan fingerprint density at radius 3 is 2.79 bits per heavy atom. The van der Waals surface area contributed by atoms with Crippen molar-refractivity contribution in [3.05, 3.63) is 60.2 Å². The summed E-state index contributed by atoms with van der Waals surface area (Å²) in [4.78, 5) is 6.58. The molecule has 3 rings (SSSR count). The van der Waals surface area contributed by atoms with E-state index in [0.29, 0.717) is 12.5 Å². The van der Waals surface area contributed by atoms with Crippen LogP contribution in [0.5, 0.6) is 0 Å². The second-order valence-electron chi connectivity index (χ2n) is 5.91. The fourth-order valence-corrected chi connectivity index (χ4v) is 2.85. The quantitative estimate of drug-likeness (QED) is 0.668. The predicted octanol–water partition coefficient (Wildman–Crippen LogP) is 3.22. The summed E-state index contributed by atoms with van der Waals surface area (Å²) >= 11 is 0. The Balaban J connectivity index is 1.55. The van der Waals surface area contributed by atoms with Crippen molar-refractivity contribution in [3.8, 4) is 0 Å². The summed E-state index contributed by atoms with van der Waals surface area (Å²) in [7, 11) is 0. The van der Waals surface area contributed by atoms with Gasteiger partial charge in [0.25, 0.3) is 0 Å². The Morgan fingerprint density at radius 1 is 1.21 bits per heavy atom. The van der Waals surface area contributed by atoms with E-state index in [1.165, 1.54) is 5.69 Å². The number of aliphatic imine (C=N–C) groups is 1. The lowest BCUT2D eigenvalue weighted by Gasteiger charge is -2.18. The number of hydrogen-bond donors (Lipinski definition) is 2. The first-order valence-electron chi connectivity index (χ1n) is 7.94. The van der Waals surface area contributed by atoms with Crippen molar-refractivity contribution in [1.82, 2.24) is 0 Å². The molecule has 1 saturated heterocycles. The minimum Gasteiger partial charge on any atom is -0.371 e. The molecule has 1 fully saturated rings. The Labute approximate surface area is 140 Å². The van der Waals surface area contributed by atoms with Crippen molar-refractivity contribution in [3.63, 3.8) is 0 Å². The number of para-hydroxylation sites is 1. The van der Waals surface area contributed by atoms with E-state index in [9.17, 15) is 8.78 Å². The van der Waals surface area contributed by atoms with Gasteiger partial charge in [0.2, 0.25) is 0 Å². The van der Waals surface area contributed by atoms with Crippen LogP contribution in [0.25, 0.3) is 0 Å². The van der Waals surface area contributed by atoms with Crippen molar-refractivity contribution < 1.29 is 8.78 Å². The summed E-state index contributed by atoms with van der Waals surface area (Å²) in [6.07, 6.45) is 1.03. The highest BCUT2D eigenvalue weighted by Gasteiger charge is 2.22. The van der Waals surface area contributed by atoms with E-state index in [-0.39, 0.29) is 11.6 Å². The second kappa shape index (κ2) is 7.29. The number of nitrogens with one attached hydrogen (secondary N) is 1. The van der Waals surface area contributed by atoms with Crippen molar-refractivity contribution in [2.45, 2.75) is 6.42 Å². The molecule has 1 heterocycles. The summed E-state index contributed by atoms with van der Waals surface area (Å²) in [5.41, 5.74) is 6.98. The molecule has 1 atom stereocenters. The van der Waals surface area contributed by atoms with Crippen molar-refractivity contribution in [2.75, 3.05) is 29.9 Å². The topological polar surface area (TPSA) is 53.6 Å². The van der Waals surface area contributed by atoms with Crippen LogP contribution in [0.3, 0.4) is 0 Å². The number of nitrogens with zero attached hydrogens (tertiary/aromatic N) is 2. The van der Waals surface area contributed by atoms with Gasteiger partial charge in [-0.2, -0.15) is 0 Å². The SMILES string of the molecule is NC(=NCC1CCN(c2ccccc2)C1)Nc1cc(F)ccc1F. The van der Waals surface area contributed by atoms with Gasteiger partial charge in [0.1, 0.15) is 11.6 Å². The third-order valence-corrected chi connectivity index (χ3v) is 4.12. The molecule has 24 heavy (non-hydrogen) atoms. The molecule has 4 nitrogen and oxygen atoms in total. The lowest BCUT2D eigenvalue weighted by Crippen LogP contribution is -2.25. The molecule has 0 saturated carbocycles. The molecule has 6 heteroatoms.